The first-order valence-corrected chi connectivity index (χ1v) is 6.58. The van der Waals surface area contributed by atoms with Gasteiger partial charge in [0, 0.05) is 19.6 Å². The fourth-order valence-corrected chi connectivity index (χ4v) is 2.34. The molecule has 0 amide bonds. The highest BCUT2D eigenvalue weighted by Gasteiger charge is 2.20. The van der Waals surface area contributed by atoms with Gasteiger partial charge in [-0.2, -0.15) is 0 Å². The number of benzene rings is 1. The van der Waals surface area contributed by atoms with Crippen molar-refractivity contribution in [2.45, 2.75) is 26.0 Å². The van der Waals surface area contributed by atoms with Gasteiger partial charge in [-0.1, -0.05) is 13.0 Å². The molecule has 0 bridgehead atoms. The Labute approximate surface area is 113 Å². The second kappa shape index (κ2) is 6.48. The van der Waals surface area contributed by atoms with Crippen molar-refractivity contribution in [3.05, 3.63) is 29.6 Å². The summed E-state index contributed by atoms with van der Waals surface area (Å²) in [4.78, 5) is 2.19. The van der Waals surface area contributed by atoms with Crippen LogP contribution >= 0.6 is 0 Å². The number of nitrogens with zero attached hydrogens (tertiary/aromatic N) is 1. The SMILES string of the molecule is CCC1CN(Cc2cc(F)cc(B(O)O)c2)CCO1. The second-order valence-corrected chi connectivity index (χ2v) is 4.90. The molecule has 1 aliphatic rings. The molecule has 1 aromatic carbocycles. The summed E-state index contributed by atoms with van der Waals surface area (Å²) >= 11 is 0. The quantitative estimate of drug-likeness (QED) is 0.761. The van der Waals surface area contributed by atoms with E-state index in [2.05, 4.69) is 11.8 Å². The summed E-state index contributed by atoms with van der Waals surface area (Å²) in [7, 11) is -1.64. The molecule has 2 rings (SSSR count). The van der Waals surface area contributed by atoms with E-state index in [0.29, 0.717) is 13.2 Å². The molecule has 1 fully saturated rings. The maximum atomic E-state index is 13.4. The van der Waals surface area contributed by atoms with Crippen LogP contribution in [0, 0.1) is 5.82 Å². The average Bonchev–Trinajstić information content (AvgIpc) is 2.38. The lowest BCUT2D eigenvalue weighted by atomic mass is 9.79. The minimum absolute atomic E-state index is 0.190. The Hall–Kier alpha value is -0.945. The number of halogens is 1. The van der Waals surface area contributed by atoms with Gasteiger partial charge in [0.25, 0.3) is 0 Å². The predicted octanol–water partition coefficient (Wildman–Crippen LogP) is 0.116. The van der Waals surface area contributed by atoms with Crippen molar-refractivity contribution in [1.29, 1.82) is 0 Å². The zero-order valence-electron chi connectivity index (χ0n) is 11.1. The lowest BCUT2D eigenvalue weighted by Gasteiger charge is -2.32. The standard InChI is InChI=1S/C13H19BFNO3/c1-2-13-9-16(3-4-19-13)8-10-5-11(14(17)18)7-12(15)6-10/h5-7,13,17-18H,2-4,8-9H2,1H3. The minimum atomic E-state index is -1.64. The van der Waals surface area contributed by atoms with E-state index in [4.69, 9.17) is 14.8 Å². The molecule has 0 aliphatic carbocycles. The Balaban J connectivity index is 2.06. The summed E-state index contributed by atoms with van der Waals surface area (Å²) in [5, 5.41) is 18.2. The van der Waals surface area contributed by atoms with E-state index in [1.54, 1.807) is 6.07 Å². The third kappa shape index (κ3) is 4.01. The fraction of sp³-hybridized carbons (Fsp3) is 0.538. The lowest BCUT2D eigenvalue weighted by Crippen LogP contribution is -2.41. The van der Waals surface area contributed by atoms with Crippen LogP contribution < -0.4 is 5.46 Å². The molecule has 104 valence electrons. The van der Waals surface area contributed by atoms with Crippen LogP contribution in [-0.4, -0.2) is 47.9 Å². The van der Waals surface area contributed by atoms with E-state index < -0.39 is 12.9 Å². The topological polar surface area (TPSA) is 52.9 Å². The van der Waals surface area contributed by atoms with Crippen LogP contribution in [0.2, 0.25) is 0 Å². The summed E-state index contributed by atoms with van der Waals surface area (Å²) < 4.78 is 19.0. The number of hydrogen-bond acceptors (Lipinski definition) is 4. The Morgan fingerprint density at radius 1 is 1.42 bits per heavy atom. The van der Waals surface area contributed by atoms with E-state index in [1.807, 2.05) is 0 Å². The third-order valence-corrected chi connectivity index (χ3v) is 3.36. The highest BCUT2D eigenvalue weighted by atomic mass is 19.1. The molecule has 1 atom stereocenters. The molecule has 0 spiro atoms. The Morgan fingerprint density at radius 2 is 2.21 bits per heavy atom. The van der Waals surface area contributed by atoms with Gasteiger partial charge < -0.3 is 14.8 Å². The maximum Gasteiger partial charge on any atom is 0.488 e. The van der Waals surface area contributed by atoms with E-state index in [0.717, 1.165) is 31.1 Å². The highest BCUT2D eigenvalue weighted by molar-refractivity contribution is 6.58. The molecule has 0 saturated carbocycles. The number of morpholine rings is 1. The number of hydrogen-bond donors (Lipinski definition) is 2. The minimum Gasteiger partial charge on any atom is -0.423 e. The monoisotopic (exact) mass is 267 g/mol. The van der Waals surface area contributed by atoms with Gasteiger partial charge in [0.2, 0.25) is 0 Å². The van der Waals surface area contributed by atoms with Gasteiger partial charge in [0.05, 0.1) is 12.7 Å². The summed E-state index contributed by atoms with van der Waals surface area (Å²) in [5.74, 6) is -0.444. The molecule has 1 unspecified atom stereocenters. The lowest BCUT2D eigenvalue weighted by molar-refractivity contribution is -0.0324. The Kier molecular flexibility index (Phi) is 4.93. The number of rotatable bonds is 4. The molecule has 1 aromatic rings. The molecule has 0 radical (unpaired) electrons. The zero-order valence-corrected chi connectivity index (χ0v) is 11.1. The first-order chi connectivity index (χ1) is 9.08. The predicted molar refractivity (Wildman–Crippen MR) is 71.5 cm³/mol. The van der Waals surface area contributed by atoms with Crippen LogP contribution in [0.1, 0.15) is 18.9 Å². The average molecular weight is 267 g/mol. The van der Waals surface area contributed by atoms with E-state index in [1.165, 1.54) is 6.07 Å². The van der Waals surface area contributed by atoms with Gasteiger partial charge in [-0.15, -0.1) is 0 Å². The molecule has 19 heavy (non-hydrogen) atoms. The molecule has 2 N–H and O–H groups in total. The van der Waals surface area contributed by atoms with Crippen molar-refractivity contribution < 1.29 is 19.2 Å². The fourth-order valence-electron chi connectivity index (χ4n) is 2.34. The molecule has 4 nitrogen and oxygen atoms in total. The molecule has 1 heterocycles. The highest BCUT2D eigenvalue weighted by Crippen LogP contribution is 2.12. The summed E-state index contributed by atoms with van der Waals surface area (Å²) in [6.45, 7) is 4.99. The summed E-state index contributed by atoms with van der Waals surface area (Å²) in [5.41, 5.74) is 0.940. The Bertz CT molecular complexity index is 430. The molecule has 6 heteroatoms. The first-order valence-electron chi connectivity index (χ1n) is 6.58. The van der Waals surface area contributed by atoms with Crippen LogP contribution in [0.3, 0.4) is 0 Å². The molecular formula is C13H19BFNO3. The summed E-state index contributed by atoms with van der Waals surface area (Å²) in [6.07, 6.45) is 1.19. The van der Waals surface area contributed by atoms with Crippen molar-refractivity contribution in [3.8, 4) is 0 Å². The summed E-state index contributed by atoms with van der Waals surface area (Å²) in [6, 6.07) is 4.20. The normalized spacial score (nSPS) is 20.5. The van der Waals surface area contributed by atoms with Crippen molar-refractivity contribution in [2.24, 2.45) is 0 Å². The largest absolute Gasteiger partial charge is 0.488 e. The third-order valence-electron chi connectivity index (χ3n) is 3.36. The van der Waals surface area contributed by atoms with Gasteiger partial charge in [0.15, 0.2) is 0 Å². The van der Waals surface area contributed by atoms with Gasteiger partial charge in [0.1, 0.15) is 5.82 Å². The molecular weight excluding hydrogens is 248 g/mol. The van der Waals surface area contributed by atoms with Crippen LogP contribution in [-0.2, 0) is 11.3 Å². The molecule has 1 saturated heterocycles. The smallest absolute Gasteiger partial charge is 0.423 e. The van der Waals surface area contributed by atoms with Crippen LogP contribution in [0.5, 0.6) is 0 Å². The molecule has 0 aromatic heterocycles. The second-order valence-electron chi connectivity index (χ2n) is 4.90. The van der Waals surface area contributed by atoms with Crippen LogP contribution in [0.15, 0.2) is 18.2 Å². The van der Waals surface area contributed by atoms with Crippen molar-refractivity contribution >= 4 is 12.6 Å². The van der Waals surface area contributed by atoms with Crippen LogP contribution in [0.25, 0.3) is 0 Å². The van der Waals surface area contributed by atoms with Crippen LogP contribution in [0.4, 0.5) is 4.39 Å². The van der Waals surface area contributed by atoms with Crippen molar-refractivity contribution in [1.82, 2.24) is 4.90 Å². The van der Waals surface area contributed by atoms with Crippen molar-refractivity contribution in [3.63, 3.8) is 0 Å². The molecule has 1 aliphatic heterocycles. The van der Waals surface area contributed by atoms with Gasteiger partial charge >= 0.3 is 7.12 Å². The van der Waals surface area contributed by atoms with Gasteiger partial charge in [-0.25, -0.2) is 4.39 Å². The van der Waals surface area contributed by atoms with Gasteiger partial charge in [-0.05, 0) is 29.6 Å². The van der Waals surface area contributed by atoms with E-state index in [9.17, 15) is 4.39 Å². The van der Waals surface area contributed by atoms with E-state index >= 15 is 0 Å². The van der Waals surface area contributed by atoms with E-state index in [-0.39, 0.29) is 11.6 Å². The Morgan fingerprint density at radius 3 is 2.89 bits per heavy atom. The van der Waals surface area contributed by atoms with Gasteiger partial charge in [-0.3, -0.25) is 4.90 Å². The zero-order chi connectivity index (χ0) is 13.8. The number of ether oxygens (including phenoxy) is 1. The first kappa shape index (κ1) is 14.5. The maximum absolute atomic E-state index is 13.4. The van der Waals surface area contributed by atoms with Crippen molar-refractivity contribution in [2.75, 3.05) is 19.7 Å².